The second-order valence-corrected chi connectivity index (χ2v) is 6.49. The zero-order valence-corrected chi connectivity index (χ0v) is 14.8. The largest absolute Gasteiger partial charge is 0.365 e. The maximum Gasteiger partial charge on any atom is 0.287 e. The molecule has 0 saturated carbocycles. The van der Waals surface area contributed by atoms with Crippen LogP contribution in [-0.2, 0) is 7.05 Å². The molecule has 4 heterocycles. The highest BCUT2D eigenvalue weighted by atomic mass is 35.5. The SMILES string of the molecule is Cc1cc2c(N3CCN(c4cnn(C)c(=O)c4Cl)CC3)nccn2n1. The molecule has 130 valence electrons. The Hall–Kier alpha value is -2.61. The minimum Gasteiger partial charge on any atom is -0.365 e. The number of aromatic nitrogens is 5. The third-order valence-electron chi connectivity index (χ3n) is 4.47. The summed E-state index contributed by atoms with van der Waals surface area (Å²) in [5, 5.41) is 8.73. The van der Waals surface area contributed by atoms with Crippen molar-refractivity contribution in [1.82, 2.24) is 24.4 Å². The van der Waals surface area contributed by atoms with E-state index in [0.29, 0.717) is 5.69 Å². The highest BCUT2D eigenvalue weighted by Gasteiger charge is 2.23. The van der Waals surface area contributed by atoms with Gasteiger partial charge in [0.05, 0.1) is 17.6 Å². The lowest BCUT2D eigenvalue weighted by atomic mass is 10.2. The number of nitrogens with zero attached hydrogens (tertiary/aromatic N) is 7. The molecule has 3 aromatic rings. The van der Waals surface area contributed by atoms with E-state index < -0.39 is 0 Å². The van der Waals surface area contributed by atoms with E-state index in [0.717, 1.165) is 43.2 Å². The lowest BCUT2D eigenvalue weighted by Gasteiger charge is -2.36. The molecule has 0 aliphatic carbocycles. The lowest BCUT2D eigenvalue weighted by Crippen LogP contribution is -2.47. The van der Waals surface area contributed by atoms with Crippen molar-refractivity contribution in [2.24, 2.45) is 7.05 Å². The fourth-order valence-electron chi connectivity index (χ4n) is 3.16. The van der Waals surface area contributed by atoms with Gasteiger partial charge < -0.3 is 9.80 Å². The second-order valence-electron chi connectivity index (χ2n) is 6.11. The number of halogens is 1. The van der Waals surface area contributed by atoms with E-state index in [2.05, 4.69) is 25.0 Å². The summed E-state index contributed by atoms with van der Waals surface area (Å²) in [7, 11) is 1.59. The Bertz CT molecular complexity index is 988. The molecular weight excluding hydrogens is 342 g/mol. The average molecular weight is 360 g/mol. The van der Waals surface area contributed by atoms with Crippen molar-refractivity contribution >= 4 is 28.6 Å². The third-order valence-corrected chi connectivity index (χ3v) is 4.83. The molecule has 1 fully saturated rings. The zero-order valence-electron chi connectivity index (χ0n) is 14.1. The maximum atomic E-state index is 12.0. The van der Waals surface area contributed by atoms with E-state index in [9.17, 15) is 4.79 Å². The predicted molar refractivity (Wildman–Crippen MR) is 96.6 cm³/mol. The highest BCUT2D eigenvalue weighted by Crippen LogP contribution is 2.25. The van der Waals surface area contributed by atoms with E-state index in [1.54, 1.807) is 19.4 Å². The van der Waals surface area contributed by atoms with Crippen molar-refractivity contribution in [1.29, 1.82) is 0 Å². The quantitative estimate of drug-likeness (QED) is 0.682. The molecule has 0 amide bonds. The van der Waals surface area contributed by atoms with Crippen LogP contribution in [0.4, 0.5) is 11.5 Å². The number of hydrogen-bond donors (Lipinski definition) is 0. The van der Waals surface area contributed by atoms with E-state index >= 15 is 0 Å². The molecule has 1 aliphatic heterocycles. The van der Waals surface area contributed by atoms with Gasteiger partial charge >= 0.3 is 0 Å². The first-order chi connectivity index (χ1) is 12.0. The van der Waals surface area contributed by atoms with Crippen LogP contribution in [-0.4, -0.2) is 50.6 Å². The summed E-state index contributed by atoms with van der Waals surface area (Å²) >= 11 is 6.21. The van der Waals surface area contributed by atoms with Crippen LogP contribution in [0, 0.1) is 6.92 Å². The number of fused-ring (bicyclic) bond motifs is 1. The number of piperazine rings is 1. The van der Waals surface area contributed by atoms with Gasteiger partial charge in [-0.3, -0.25) is 4.79 Å². The monoisotopic (exact) mass is 359 g/mol. The smallest absolute Gasteiger partial charge is 0.287 e. The van der Waals surface area contributed by atoms with Gasteiger partial charge in [-0.2, -0.15) is 10.2 Å². The van der Waals surface area contributed by atoms with Gasteiger partial charge in [-0.05, 0) is 13.0 Å². The molecule has 0 aromatic carbocycles. The van der Waals surface area contributed by atoms with Crippen LogP contribution in [0.25, 0.3) is 5.52 Å². The van der Waals surface area contributed by atoms with Crippen LogP contribution < -0.4 is 15.4 Å². The second kappa shape index (κ2) is 6.03. The van der Waals surface area contributed by atoms with Gasteiger partial charge in [-0.15, -0.1) is 0 Å². The van der Waals surface area contributed by atoms with E-state index in [1.165, 1.54) is 4.68 Å². The van der Waals surface area contributed by atoms with Crippen LogP contribution in [0.5, 0.6) is 0 Å². The normalized spacial score (nSPS) is 15.2. The molecular formula is C16H18ClN7O. The Morgan fingerprint density at radius 1 is 1.16 bits per heavy atom. The number of hydrogen-bond acceptors (Lipinski definition) is 6. The van der Waals surface area contributed by atoms with Gasteiger partial charge in [0.15, 0.2) is 5.82 Å². The molecule has 8 nitrogen and oxygen atoms in total. The number of aryl methyl sites for hydroxylation is 2. The van der Waals surface area contributed by atoms with Crippen molar-refractivity contribution in [3.63, 3.8) is 0 Å². The van der Waals surface area contributed by atoms with Gasteiger partial charge in [0.1, 0.15) is 10.5 Å². The van der Waals surface area contributed by atoms with Crippen molar-refractivity contribution in [3.8, 4) is 0 Å². The first-order valence-electron chi connectivity index (χ1n) is 8.07. The zero-order chi connectivity index (χ0) is 17.6. The van der Waals surface area contributed by atoms with Crippen molar-refractivity contribution in [2.75, 3.05) is 36.0 Å². The molecule has 0 bridgehead atoms. The van der Waals surface area contributed by atoms with Crippen LogP contribution in [0.3, 0.4) is 0 Å². The van der Waals surface area contributed by atoms with Gasteiger partial charge in [0.2, 0.25) is 0 Å². The molecule has 4 rings (SSSR count). The molecule has 0 atom stereocenters. The van der Waals surface area contributed by atoms with Crippen LogP contribution in [0.15, 0.2) is 29.5 Å². The van der Waals surface area contributed by atoms with Crippen LogP contribution >= 0.6 is 11.6 Å². The third kappa shape index (κ3) is 2.72. The molecule has 25 heavy (non-hydrogen) atoms. The first kappa shape index (κ1) is 15.9. The maximum absolute atomic E-state index is 12.0. The summed E-state index contributed by atoms with van der Waals surface area (Å²) in [5.41, 5.74) is 2.38. The summed E-state index contributed by atoms with van der Waals surface area (Å²) in [5.74, 6) is 0.927. The molecule has 1 saturated heterocycles. The predicted octanol–water partition coefficient (Wildman–Crippen LogP) is 1.11. The molecule has 0 N–H and O–H groups in total. The standard InChI is InChI=1S/C16H18ClN7O/c1-11-9-12-15(18-3-4-24(12)20-11)23-7-5-22(6-8-23)13-10-19-21(2)16(25)14(13)17/h3-4,9-10H,5-8H2,1-2H3. The molecule has 3 aromatic heterocycles. The Morgan fingerprint density at radius 3 is 2.64 bits per heavy atom. The van der Waals surface area contributed by atoms with Gasteiger partial charge in [-0.1, -0.05) is 11.6 Å². The van der Waals surface area contributed by atoms with Crippen molar-refractivity contribution in [2.45, 2.75) is 6.92 Å². The lowest BCUT2D eigenvalue weighted by molar-refractivity contribution is 0.638. The van der Waals surface area contributed by atoms with E-state index in [-0.39, 0.29) is 10.6 Å². The molecule has 9 heteroatoms. The van der Waals surface area contributed by atoms with E-state index in [4.69, 9.17) is 11.6 Å². The molecule has 1 aliphatic rings. The van der Waals surface area contributed by atoms with Gasteiger partial charge in [0.25, 0.3) is 5.56 Å². The number of anilines is 2. The molecule has 0 unspecified atom stereocenters. The van der Waals surface area contributed by atoms with Gasteiger partial charge in [-0.25, -0.2) is 14.2 Å². The summed E-state index contributed by atoms with van der Waals surface area (Å²) < 4.78 is 3.10. The number of rotatable bonds is 2. The first-order valence-corrected chi connectivity index (χ1v) is 8.45. The van der Waals surface area contributed by atoms with Crippen molar-refractivity contribution in [3.05, 3.63) is 45.7 Å². The minimum atomic E-state index is -0.275. The summed E-state index contributed by atoms with van der Waals surface area (Å²) in [6.45, 7) is 5.01. The van der Waals surface area contributed by atoms with Crippen molar-refractivity contribution < 1.29 is 0 Å². The topological polar surface area (TPSA) is 71.6 Å². The fraction of sp³-hybridized carbons (Fsp3) is 0.375. The van der Waals surface area contributed by atoms with Crippen LogP contribution in [0.2, 0.25) is 5.02 Å². The Morgan fingerprint density at radius 2 is 1.88 bits per heavy atom. The minimum absolute atomic E-state index is 0.220. The molecule has 0 spiro atoms. The summed E-state index contributed by atoms with van der Waals surface area (Å²) in [6.07, 6.45) is 5.27. The highest BCUT2D eigenvalue weighted by molar-refractivity contribution is 6.33. The molecule has 0 radical (unpaired) electrons. The Kier molecular flexibility index (Phi) is 3.84. The summed E-state index contributed by atoms with van der Waals surface area (Å²) in [4.78, 5) is 20.8. The van der Waals surface area contributed by atoms with Crippen LogP contribution in [0.1, 0.15) is 5.69 Å². The Balaban J connectivity index is 1.57. The van der Waals surface area contributed by atoms with Gasteiger partial charge in [0, 0.05) is 45.6 Å². The average Bonchev–Trinajstić information content (AvgIpc) is 3.00. The fourth-order valence-corrected chi connectivity index (χ4v) is 3.45. The summed E-state index contributed by atoms with van der Waals surface area (Å²) in [6, 6.07) is 2.04. The Labute approximate surface area is 149 Å². The van der Waals surface area contributed by atoms with E-state index in [1.807, 2.05) is 23.7 Å².